The number of hydrogen-bond donors (Lipinski definition) is 1. The Morgan fingerprint density at radius 1 is 1.10 bits per heavy atom. The highest BCUT2D eigenvalue weighted by Gasteiger charge is 2.19. The zero-order valence-electron chi connectivity index (χ0n) is 10.4. The minimum atomic E-state index is -1.27. The van der Waals surface area contributed by atoms with Crippen LogP contribution in [0.5, 0.6) is 11.5 Å². The van der Waals surface area contributed by atoms with Crippen molar-refractivity contribution in [1.82, 2.24) is 0 Å². The molecule has 0 amide bonds. The van der Waals surface area contributed by atoms with Crippen LogP contribution in [0.15, 0.2) is 59.6 Å². The SMILES string of the molecule is O=C=NC(C(=O)O)c1cccc(Oc2ccccc2)c1. The summed E-state index contributed by atoms with van der Waals surface area (Å²) in [6.45, 7) is 0. The van der Waals surface area contributed by atoms with Gasteiger partial charge < -0.3 is 9.84 Å². The van der Waals surface area contributed by atoms with Crippen molar-refractivity contribution in [3.63, 3.8) is 0 Å². The molecule has 0 saturated heterocycles. The Morgan fingerprint density at radius 3 is 2.45 bits per heavy atom. The Balaban J connectivity index is 2.27. The van der Waals surface area contributed by atoms with Crippen molar-refractivity contribution in [2.75, 3.05) is 0 Å². The van der Waals surface area contributed by atoms with E-state index in [1.165, 1.54) is 12.1 Å². The summed E-state index contributed by atoms with van der Waals surface area (Å²) in [5, 5.41) is 9.02. The first-order chi connectivity index (χ1) is 9.70. The van der Waals surface area contributed by atoms with E-state index < -0.39 is 12.0 Å². The monoisotopic (exact) mass is 269 g/mol. The summed E-state index contributed by atoms with van der Waals surface area (Å²) in [6.07, 6.45) is 1.27. The Morgan fingerprint density at radius 2 is 1.80 bits per heavy atom. The molecule has 0 aromatic heterocycles. The molecule has 1 unspecified atom stereocenters. The first-order valence-electron chi connectivity index (χ1n) is 5.83. The van der Waals surface area contributed by atoms with Crippen LogP contribution in [0.1, 0.15) is 11.6 Å². The van der Waals surface area contributed by atoms with Crippen molar-refractivity contribution in [1.29, 1.82) is 0 Å². The quantitative estimate of drug-likeness (QED) is 0.668. The Hall–Kier alpha value is -2.91. The van der Waals surface area contributed by atoms with Crippen molar-refractivity contribution < 1.29 is 19.4 Å². The Bertz CT molecular complexity index is 646. The van der Waals surface area contributed by atoms with Gasteiger partial charge in [0.1, 0.15) is 11.5 Å². The molecule has 0 aliphatic rings. The van der Waals surface area contributed by atoms with E-state index >= 15 is 0 Å². The number of benzene rings is 2. The van der Waals surface area contributed by atoms with Crippen LogP contribution in [-0.4, -0.2) is 17.2 Å². The molecule has 2 aromatic carbocycles. The van der Waals surface area contributed by atoms with E-state index in [4.69, 9.17) is 9.84 Å². The number of carbonyl (C=O) groups is 1. The van der Waals surface area contributed by atoms with Crippen molar-refractivity contribution in [3.05, 3.63) is 60.2 Å². The number of carboxylic acids is 1. The lowest BCUT2D eigenvalue weighted by atomic mass is 10.1. The van der Waals surface area contributed by atoms with E-state index in [2.05, 4.69) is 4.99 Å². The minimum Gasteiger partial charge on any atom is -0.479 e. The second-order valence-electron chi connectivity index (χ2n) is 3.95. The zero-order chi connectivity index (χ0) is 14.4. The lowest BCUT2D eigenvalue weighted by molar-refractivity contribution is -0.138. The molecular weight excluding hydrogens is 258 g/mol. The van der Waals surface area contributed by atoms with Gasteiger partial charge in [-0.25, -0.2) is 9.59 Å². The third kappa shape index (κ3) is 3.31. The highest BCUT2D eigenvalue weighted by Crippen LogP contribution is 2.26. The van der Waals surface area contributed by atoms with Crippen LogP contribution in [0.4, 0.5) is 0 Å². The van der Waals surface area contributed by atoms with Gasteiger partial charge in [0.15, 0.2) is 6.04 Å². The van der Waals surface area contributed by atoms with Crippen LogP contribution < -0.4 is 4.74 Å². The summed E-state index contributed by atoms with van der Waals surface area (Å²) in [4.78, 5) is 24.6. The zero-order valence-corrected chi connectivity index (χ0v) is 10.4. The summed E-state index contributed by atoms with van der Waals surface area (Å²) in [5.41, 5.74) is 0.356. The van der Waals surface area contributed by atoms with Crippen LogP contribution in [0.25, 0.3) is 0 Å². The minimum absolute atomic E-state index is 0.356. The smallest absolute Gasteiger partial charge is 0.334 e. The lowest BCUT2D eigenvalue weighted by Gasteiger charge is -2.09. The fraction of sp³-hybridized carbons (Fsp3) is 0.0667. The van der Waals surface area contributed by atoms with E-state index in [1.54, 1.807) is 30.3 Å². The summed E-state index contributed by atoms with van der Waals surface area (Å²) >= 11 is 0. The molecule has 2 aromatic rings. The molecule has 0 fully saturated rings. The van der Waals surface area contributed by atoms with Crippen molar-refractivity contribution in [2.24, 2.45) is 4.99 Å². The number of nitrogens with zero attached hydrogens (tertiary/aromatic N) is 1. The van der Waals surface area contributed by atoms with Gasteiger partial charge in [-0.2, -0.15) is 4.99 Å². The van der Waals surface area contributed by atoms with Crippen LogP contribution >= 0.6 is 0 Å². The average molecular weight is 269 g/mol. The van der Waals surface area contributed by atoms with Crippen LogP contribution in [-0.2, 0) is 9.59 Å². The molecule has 0 radical (unpaired) electrons. The largest absolute Gasteiger partial charge is 0.479 e. The summed E-state index contributed by atoms with van der Waals surface area (Å²) in [7, 11) is 0. The van der Waals surface area contributed by atoms with Gasteiger partial charge in [-0.1, -0.05) is 30.3 Å². The normalized spacial score (nSPS) is 11.2. The number of hydrogen-bond acceptors (Lipinski definition) is 4. The van der Waals surface area contributed by atoms with Crippen LogP contribution in [0.3, 0.4) is 0 Å². The molecule has 0 spiro atoms. The maximum absolute atomic E-state index is 11.0. The Kier molecular flexibility index (Phi) is 4.27. The number of carbonyl (C=O) groups excluding carboxylic acids is 1. The van der Waals surface area contributed by atoms with E-state index in [0.717, 1.165) is 0 Å². The fourth-order valence-electron chi connectivity index (χ4n) is 1.70. The number of rotatable bonds is 5. The van der Waals surface area contributed by atoms with Crippen molar-refractivity contribution in [2.45, 2.75) is 6.04 Å². The number of ether oxygens (including phenoxy) is 1. The van der Waals surface area contributed by atoms with Crippen LogP contribution in [0.2, 0.25) is 0 Å². The molecule has 0 heterocycles. The summed E-state index contributed by atoms with van der Waals surface area (Å²) in [6, 6.07) is 14.3. The van der Waals surface area contributed by atoms with Crippen LogP contribution in [0, 0.1) is 0 Å². The second-order valence-corrected chi connectivity index (χ2v) is 3.95. The average Bonchev–Trinajstić information content (AvgIpc) is 2.46. The first kappa shape index (κ1) is 13.5. The lowest BCUT2D eigenvalue weighted by Crippen LogP contribution is -2.08. The van der Waals surface area contributed by atoms with Gasteiger partial charge in [0, 0.05) is 0 Å². The van der Waals surface area contributed by atoms with E-state index in [0.29, 0.717) is 17.1 Å². The molecule has 100 valence electrons. The van der Waals surface area contributed by atoms with Gasteiger partial charge in [0.2, 0.25) is 6.08 Å². The third-order valence-electron chi connectivity index (χ3n) is 2.57. The maximum atomic E-state index is 11.0. The highest BCUT2D eigenvalue weighted by atomic mass is 16.5. The second kappa shape index (κ2) is 6.31. The molecule has 0 aliphatic heterocycles. The molecular formula is C15H11NO4. The molecule has 0 aliphatic carbocycles. The topological polar surface area (TPSA) is 76.0 Å². The molecule has 5 heteroatoms. The van der Waals surface area contributed by atoms with Gasteiger partial charge in [0.05, 0.1) is 0 Å². The molecule has 20 heavy (non-hydrogen) atoms. The fourth-order valence-corrected chi connectivity index (χ4v) is 1.70. The van der Waals surface area contributed by atoms with E-state index in [9.17, 15) is 9.59 Å². The first-order valence-corrected chi connectivity index (χ1v) is 5.83. The highest BCUT2D eigenvalue weighted by molar-refractivity contribution is 5.77. The third-order valence-corrected chi connectivity index (χ3v) is 2.57. The molecule has 5 nitrogen and oxygen atoms in total. The standard InChI is InChI=1S/C15H11NO4/c17-10-16-14(15(18)19)11-5-4-8-13(9-11)20-12-6-2-1-3-7-12/h1-9,14H,(H,18,19). The van der Waals surface area contributed by atoms with Crippen molar-refractivity contribution in [3.8, 4) is 11.5 Å². The van der Waals surface area contributed by atoms with Gasteiger partial charge in [0.25, 0.3) is 0 Å². The molecule has 2 rings (SSSR count). The van der Waals surface area contributed by atoms with Gasteiger partial charge in [-0.05, 0) is 29.8 Å². The summed E-state index contributed by atoms with van der Waals surface area (Å²) in [5.74, 6) is -0.110. The number of isocyanates is 1. The Labute approximate surface area is 115 Å². The molecule has 1 atom stereocenters. The predicted octanol–water partition coefficient (Wildman–Crippen LogP) is 2.94. The number of aliphatic carboxylic acids is 1. The number of para-hydroxylation sites is 1. The van der Waals surface area contributed by atoms with E-state index in [-0.39, 0.29) is 0 Å². The van der Waals surface area contributed by atoms with Crippen molar-refractivity contribution >= 4 is 12.0 Å². The number of aliphatic imine (C=N–C) groups is 1. The molecule has 0 bridgehead atoms. The van der Waals surface area contributed by atoms with E-state index in [1.807, 2.05) is 18.2 Å². The molecule has 0 saturated carbocycles. The van der Waals surface area contributed by atoms with Gasteiger partial charge in [-0.15, -0.1) is 0 Å². The maximum Gasteiger partial charge on any atom is 0.334 e. The van der Waals surface area contributed by atoms with Gasteiger partial charge >= 0.3 is 5.97 Å². The predicted molar refractivity (Wildman–Crippen MR) is 71.5 cm³/mol. The number of carboxylic acid groups (broad SMARTS) is 1. The van der Waals surface area contributed by atoms with Gasteiger partial charge in [-0.3, -0.25) is 0 Å². The summed E-state index contributed by atoms with van der Waals surface area (Å²) < 4.78 is 5.59. The molecule has 1 N–H and O–H groups in total.